The normalized spacial score (nSPS) is 11.6. The molecule has 1 heterocycles. The predicted octanol–water partition coefficient (Wildman–Crippen LogP) is 4.35. The van der Waals surface area contributed by atoms with Crippen LogP contribution in [0.4, 0.5) is 11.5 Å². The minimum atomic E-state index is -0.410. The van der Waals surface area contributed by atoms with E-state index in [9.17, 15) is 9.59 Å². The van der Waals surface area contributed by atoms with E-state index in [0.29, 0.717) is 11.6 Å². The molecule has 1 aromatic heterocycles. The van der Waals surface area contributed by atoms with Crippen LogP contribution >= 0.6 is 11.8 Å². The van der Waals surface area contributed by atoms with Crippen LogP contribution in [0.2, 0.25) is 0 Å². The molecule has 0 radical (unpaired) electrons. The Balaban J connectivity index is 1.55. The molecule has 0 bridgehead atoms. The minimum absolute atomic E-state index is 0.162. The topological polar surface area (TPSA) is 84.2 Å². The monoisotopic (exact) mass is 395 g/mol. The Morgan fingerprint density at radius 1 is 1.07 bits per heavy atom. The van der Waals surface area contributed by atoms with Gasteiger partial charge < -0.3 is 15.2 Å². The Bertz CT molecular complexity index is 956. The van der Waals surface area contributed by atoms with Crippen molar-refractivity contribution in [2.24, 2.45) is 0 Å². The third-order valence-electron chi connectivity index (χ3n) is 4.00. The van der Waals surface area contributed by atoms with E-state index in [4.69, 9.17) is 4.52 Å². The third-order valence-corrected chi connectivity index (χ3v) is 5.14. The molecular formula is C21H21N3O3S. The fourth-order valence-electron chi connectivity index (χ4n) is 2.58. The first-order chi connectivity index (χ1) is 13.5. The van der Waals surface area contributed by atoms with Crippen molar-refractivity contribution in [3.63, 3.8) is 0 Å². The quantitative estimate of drug-likeness (QED) is 0.621. The van der Waals surface area contributed by atoms with Gasteiger partial charge in [-0.15, -0.1) is 11.8 Å². The van der Waals surface area contributed by atoms with Crippen molar-refractivity contribution in [1.82, 2.24) is 5.16 Å². The second-order valence-corrected chi connectivity index (χ2v) is 7.55. The van der Waals surface area contributed by atoms with Gasteiger partial charge in [0.15, 0.2) is 5.82 Å². The average Bonchev–Trinajstić information content (AvgIpc) is 3.11. The van der Waals surface area contributed by atoms with Gasteiger partial charge in [-0.2, -0.15) is 0 Å². The van der Waals surface area contributed by atoms with Gasteiger partial charge in [0.25, 0.3) is 0 Å². The van der Waals surface area contributed by atoms with Gasteiger partial charge in [0.2, 0.25) is 11.8 Å². The first-order valence-electron chi connectivity index (χ1n) is 8.83. The number of hydrogen-bond donors (Lipinski definition) is 2. The SMILES string of the molecule is Cc1cc(NC(=O)C(C)SCC(=O)Nc2ccccc2-c2ccccc2)no1. The van der Waals surface area contributed by atoms with Crippen LogP contribution in [0.5, 0.6) is 0 Å². The number of thioether (sulfide) groups is 1. The maximum absolute atomic E-state index is 12.4. The van der Waals surface area contributed by atoms with Crippen molar-refractivity contribution >= 4 is 35.1 Å². The Morgan fingerprint density at radius 3 is 2.50 bits per heavy atom. The van der Waals surface area contributed by atoms with Gasteiger partial charge in [-0.3, -0.25) is 9.59 Å². The Kier molecular flexibility index (Phi) is 6.49. The number of nitrogens with zero attached hydrogens (tertiary/aromatic N) is 1. The van der Waals surface area contributed by atoms with Crippen molar-refractivity contribution in [2.75, 3.05) is 16.4 Å². The summed E-state index contributed by atoms with van der Waals surface area (Å²) in [6, 6.07) is 19.2. The van der Waals surface area contributed by atoms with E-state index in [-0.39, 0.29) is 17.6 Å². The maximum atomic E-state index is 12.4. The van der Waals surface area contributed by atoms with Gasteiger partial charge in [-0.1, -0.05) is 53.7 Å². The van der Waals surface area contributed by atoms with E-state index in [1.165, 1.54) is 11.8 Å². The molecule has 28 heavy (non-hydrogen) atoms. The number of carbonyl (C=O) groups is 2. The third kappa shape index (κ3) is 5.23. The lowest BCUT2D eigenvalue weighted by Gasteiger charge is -2.13. The van der Waals surface area contributed by atoms with E-state index in [1.54, 1.807) is 19.9 Å². The number of aromatic nitrogens is 1. The molecule has 0 aliphatic rings. The van der Waals surface area contributed by atoms with Crippen LogP contribution in [0.15, 0.2) is 65.2 Å². The van der Waals surface area contributed by atoms with Crippen molar-refractivity contribution in [3.05, 3.63) is 66.4 Å². The van der Waals surface area contributed by atoms with Crippen LogP contribution in [-0.2, 0) is 9.59 Å². The Hall–Kier alpha value is -3.06. The fraction of sp³-hybridized carbons (Fsp3) is 0.190. The second kappa shape index (κ2) is 9.23. The van der Waals surface area contributed by atoms with Crippen molar-refractivity contribution in [2.45, 2.75) is 19.1 Å². The summed E-state index contributed by atoms with van der Waals surface area (Å²) in [7, 11) is 0. The second-order valence-electron chi connectivity index (χ2n) is 6.23. The maximum Gasteiger partial charge on any atom is 0.238 e. The average molecular weight is 395 g/mol. The van der Waals surface area contributed by atoms with E-state index >= 15 is 0 Å². The van der Waals surface area contributed by atoms with Crippen molar-refractivity contribution < 1.29 is 14.1 Å². The number of para-hydroxylation sites is 1. The van der Waals surface area contributed by atoms with Gasteiger partial charge in [0, 0.05) is 17.3 Å². The van der Waals surface area contributed by atoms with E-state index in [2.05, 4.69) is 15.8 Å². The lowest BCUT2D eigenvalue weighted by molar-refractivity contribution is -0.115. The highest BCUT2D eigenvalue weighted by Crippen LogP contribution is 2.27. The summed E-state index contributed by atoms with van der Waals surface area (Å²) < 4.78 is 4.92. The summed E-state index contributed by atoms with van der Waals surface area (Å²) in [6.45, 7) is 3.50. The molecule has 0 saturated heterocycles. The van der Waals surface area contributed by atoms with Crippen molar-refractivity contribution in [1.29, 1.82) is 0 Å². The first-order valence-corrected chi connectivity index (χ1v) is 9.88. The number of rotatable bonds is 7. The van der Waals surface area contributed by atoms with Crippen LogP contribution in [0.3, 0.4) is 0 Å². The Labute approximate surface area is 167 Å². The molecule has 1 atom stereocenters. The van der Waals surface area contributed by atoms with E-state index in [0.717, 1.165) is 16.8 Å². The molecule has 2 amide bonds. The van der Waals surface area contributed by atoms with E-state index < -0.39 is 5.25 Å². The number of amides is 2. The number of hydrogen-bond acceptors (Lipinski definition) is 5. The number of aryl methyl sites for hydroxylation is 1. The van der Waals surface area contributed by atoms with E-state index in [1.807, 2.05) is 54.6 Å². The summed E-state index contributed by atoms with van der Waals surface area (Å²) in [5.74, 6) is 0.764. The minimum Gasteiger partial charge on any atom is -0.360 e. The zero-order valence-electron chi connectivity index (χ0n) is 15.6. The summed E-state index contributed by atoms with van der Waals surface area (Å²) >= 11 is 1.26. The number of benzene rings is 2. The zero-order valence-corrected chi connectivity index (χ0v) is 16.5. The van der Waals surface area contributed by atoms with Crippen molar-refractivity contribution in [3.8, 4) is 11.1 Å². The molecule has 0 spiro atoms. The van der Waals surface area contributed by atoms with Gasteiger partial charge in [0.1, 0.15) is 5.76 Å². The fourth-order valence-corrected chi connectivity index (χ4v) is 3.26. The largest absolute Gasteiger partial charge is 0.360 e. The van der Waals surface area contributed by atoms with Crippen LogP contribution < -0.4 is 10.6 Å². The lowest BCUT2D eigenvalue weighted by atomic mass is 10.0. The van der Waals surface area contributed by atoms with Gasteiger partial charge in [0.05, 0.1) is 11.0 Å². The highest BCUT2D eigenvalue weighted by molar-refractivity contribution is 8.01. The predicted molar refractivity (Wildman–Crippen MR) is 112 cm³/mol. The van der Waals surface area contributed by atoms with Gasteiger partial charge in [-0.05, 0) is 25.5 Å². The smallest absolute Gasteiger partial charge is 0.238 e. The van der Waals surface area contributed by atoms with Crippen LogP contribution in [0.25, 0.3) is 11.1 Å². The molecule has 7 heteroatoms. The molecule has 0 fully saturated rings. The summed E-state index contributed by atoms with van der Waals surface area (Å²) in [5.41, 5.74) is 2.73. The van der Waals surface area contributed by atoms with Crippen LogP contribution in [0, 0.1) is 6.92 Å². The number of anilines is 2. The molecule has 2 aromatic carbocycles. The molecule has 1 unspecified atom stereocenters. The lowest BCUT2D eigenvalue weighted by Crippen LogP contribution is -2.25. The van der Waals surface area contributed by atoms with Gasteiger partial charge >= 0.3 is 0 Å². The molecule has 3 aromatic rings. The number of nitrogens with one attached hydrogen (secondary N) is 2. The molecular weight excluding hydrogens is 374 g/mol. The highest BCUT2D eigenvalue weighted by Gasteiger charge is 2.17. The first kappa shape index (κ1) is 19.7. The number of carbonyl (C=O) groups excluding carboxylic acids is 2. The molecule has 0 aliphatic carbocycles. The molecule has 0 aliphatic heterocycles. The standard InChI is InChI=1S/C21H21N3O3S/c1-14-12-19(24-27-14)23-21(26)15(2)28-13-20(25)22-18-11-7-6-10-17(18)16-8-4-3-5-9-16/h3-12,15H,13H2,1-2H3,(H,22,25)(H,23,24,26). The van der Waals surface area contributed by atoms with Crippen LogP contribution in [-0.4, -0.2) is 28.0 Å². The van der Waals surface area contributed by atoms with Gasteiger partial charge in [-0.25, -0.2) is 0 Å². The molecule has 0 saturated carbocycles. The molecule has 2 N–H and O–H groups in total. The molecule has 6 nitrogen and oxygen atoms in total. The summed E-state index contributed by atoms with van der Waals surface area (Å²) in [4.78, 5) is 24.6. The van der Waals surface area contributed by atoms with Crippen LogP contribution in [0.1, 0.15) is 12.7 Å². The highest BCUT2D eigenvalue weighted by atomic mass is 32.2. The molecule has 144 valence electrons. The summed E-state index contributed by atoms with van der Waals surface area (Å²) in [6.07, 6.45) is 0. The molecule has 3 rings (SSSR count). The Morgan fingerprint density at radius 2 is 1.79 bits per heavy atom. The summed E-state index contributed by atoms with van der Waals surface area (Å²) in [5, 5.41) is 8.93. The zero-order chi connectivity index (χ0) is 19.9.